The zero-order chi connectivity index (χ0) is 13.0. The summed E-state index contributed by atoms with van der Waals surface area (Å²) in [5.41, 5.74) is 0.958. The van der Waals surface area contributed by atoms with Crippen LogP contribution in [0, 0.1) is 6.92 Å². The Kier molecular flexibility index (Phi) is 3.28. The number of carbonyl (C=O) groups is 2. The summed E-state index contributed by atoms with van der Waals surface area (Å²) in [5, 5.41) is 10.5. The highest BCUT2D eigenvalue weighted by Gasteiger charge is 2.15. The van der Waals surface area contributed by atoms with Gasteiger partial charge in [-0.1, -0.05) is 6.07 Å². The minimum absolute atomic E-state index is 0.104. The van der Waals surface area contributed by atoms with Crippen LogP contribution in [0.15, 0.2) is 24.7 Å². The van der Waals surface area contributed by atoms with Gasteiger partial charge in [0.05, 0.1) is 0 Å². The summed E-state index contributed by atoms with van der Waals surface area (Å²) in [5.74, 6) is -1.28. The molecule has 8 nitrogen and oxygen atoms in total. The molecule has 0 saturated heterocycles. The summed E-state index contributed by atoms with van der Waals surface area (Å²) in [6.07, 6.45) is 2.80. The molecule has 0 aliphatic heterocycles. The molecule has 18 heavy (non-hydrogen) atoms. The average Bonchev–Trinajstić information content (AvgIpc) is 2.85. The molecule has 0 aromatic carbocycles. The molecular formula is C10H10N6O2. The largest absolute Gasteiger partial charge is 0.316 e. The first-order valence-corrected chi connectivity index (χ1v) is 5.05. The molecule has 0 radical (unpaired) electrons. The van der Waals surface area contributed by atoms with E-state index in [0.717, 1.165) is 5.56 Å². The molecule has 0 unspecified atom stereocenters. The summed E-state index contributed by atoms with van der Waals surface area (Å²) in [6, 6.07) is 3.38. The normalized spacial score (nSPS) is 9.83. The van der Waals surface area contributed by atoms with E-state index in [4.69, 9.17) is 0 Å². The van der Waals surface area contributed by atoms with Crippen molar-refractivity contribution in [2.45, 2.75) is 6.92 Å². The van der Waals surface area contributed by atoms with Crippen LogP contribution in [-0.4, -0.2) is 32.0 Å². The Labute approximate surface area is 102 Å². The van der Waals surface area contributed by atoms with Gasteiger partial charge in [0.25, 0.3) is 0 Å². The van der Waals surface area contributed by atoms with E-state index in [1.54, 1.807) is 18.3 Å². The number of hydrogen-bond acceptors (Lipinski definition) is 5. The zero-order valence-electron chi connectivity index (χ0n) is 9.47. The van der Waals surface area contributed by atoms with Gasteiger partial charge in [0.1, 0.15) is 12.1 Å². The van der Waals surface area contributed by atoms with Gasteiger partial charge in [-0.05, 0) is 18.6 Å². The van der Waals surface area contributed by atoms with Crippen molar-refractivity contribution in [3.05, 3.63) is 30.2 Å². The third-order valence-corrected chi connectivity index (χ3v) is 2.01. The molecule has 0 aliphatic carbocycles. The van der Waals surface area contributed by atoms with Crippen LogP contribution in [0.5, 0.6) is 0 Å². The molecule has 92 valence electrons. The molecule has 0 bridgehead atoms. The SMILES string of the molecule is Cc1ccc(NC(=O)C(=O)Nc2ncn[nH]2)nc1. The Morgan fingerprint density at radius 1 is 1.17 bits per heavy atom. The van der Waals surface area contributed by atoms with Gasteiger partial charge in [0.2, 0.25) is 5.95 Å². The van der Waals surface area contributed by atoms with E-state index in [-0.39, 0.29) is 5.95 Å². The Bertz CT molecular complexity index is 548. The number of H-pyrrole nitrogens is 1. The Balaban J connectivity index is 1.95. The summed E-state index contributed by atoms with van der Waals surface area (Å²) in [6.45, 7) is 1.87. The fourth-order valence-electron chi connectivity index (χ4n) is 1.14. The van der Waals surface area contributed by atoms with Gasteiger partial charge in [-0.3, -0.25) is 14.9 Å². The topological polar surface area (TPSA) is 113 Å². The first-order chi connectivity index (χ1) is 8.65. The van der Waals surface area contributed by atoms with Crippen LogP contribution in [0.3, 0.4) is 0 Å². The summed E-state index contributed by atoms with van der Waals surface area (Å²) >= 11 is 0. The second-order valence-electron chi connectivity index (χ2n) is 3.46. The van der Waals surface area contributed by atoms with Gasteiger partial charge in [-0.25, -0.2) is 10.1 Å². The molecule has 8 heteroatoms. The third kappa shape index (κ3) is 2.88. The highest BCUT2D eigenvalue weighted by molar-refractivity contribution is 6.43. The maximum absolute atomic E-state index is 11.5. The van der Waals surface area contributed by atoms with E-state index in [2.05, 4.69) is 30.8 Å². The van der Waals surface area contributed by atoms with Crippen molar-refractivity contribution in [2.75, 3.05) is 10.6 Å². The number of nitrogens with zero attached hydrogens (tertiary/aromatic N) is 3. The quantitative estimate of drug-likeness (QED) is 0.650. The number of nitrogens with one attached hydrogen (secondary N) is 3. The molecule has 0 spiro atoms. The van der Waals surface area contributed by atoms with Crippen LogP contribution in [0.4, 0.5) is 11.8 Å². The van der Waals surface area contributed by atoms with Gasteiger partial charge in [0.15, 0.2) is 0 Å². The summed E-state index contributed by atoms with van der Waals surface area (Å²) in [4.78, 5) is 30.6. The van der Waals surface area contributed by atoms with Crippen molar-refractivity contribution >= 4 is 23.6 Å². The van der Waals surface area contributed by atoms with E-state index < -0.39 is 11.8 Å². The zero-order valence-corrected chi connectivity index (χ0v) is 9.47. The lowest BCUT2D eigenvalue weighted by atomic mass is 10.3. The lowest BCUT2D eigenvalue weighted by Gasteiger charge is -2.03. The molecule has 2 rings (SSSR count). The van der Waals surface area contributed by atoms with Gasteiger partial charge >= 0.3 is 11.8 Å². The van der Waals surface area contributed by atoms with Crippen LogP contribution >= 0.6 is 0 Å². The summed E-state index contributed by atoms with van der Waals surface area (Å²) in [7, 11) is 0. The van der Waals surface area contributed by atoms with E-state index in [1.165, 1.54) is 6.33 Å². The first kappa shape index (κ1) is 11.7. The number of anilines is 2. The molecule has 2 heterocycles. The maximum Gasteiger partial charge on any atom is 0.316 e. The predicted octanol–water partition coefficient (Wildman–Crippen LogP) is 0.0853. The van der Waals surface area contributed by atoms with Crippen molar-refractivity contribution < 1.29 is 9.59 Å². The van der Waals surface area contributed by atoms with Crippen LogP contribution in [0.1, 0.15) is 5.56 Å². The van der Waals surface area contributed by atoms with Crippen molar-refractivity contribution in [3.8, 4) is 0 Å². The minimum Gasteiger partial charge on any atom is -0.302 e. The Hall–Kier alpha value is -2.77. The Morgan fingerprint density at radius 2 is 1.94 bits per heavy atom. The van der Waals surface area contributed by atoms with Gasteiger partial charge in [-0.15, -0.1) is 0 Å². The predicted molar refractivity (Wildman–Crippen MR) is 62.6 cm³/mol. The highest BCUT2D eigenvalue weighted by Crippen LogP contribution is 2.03. The molecule has 3 N–H and O–H groups in total. The van der Waals surface area contributed by atoms with E-state index >= 15 is 0 Å². The van der Waals surface area contributed by atoms with Crippen molar-refractivity contribution in [1.29, 1.82) is 0 Å². The summed E-state index contributed by atoms with van der Waals surface area (Å²) < 4.78 is 0. The molecule has 2 amide bonds. The van der Waals surface area contributed by atoms with Gasteiger partial charge < -0.3 is 5.32 Å². The lowest BCUT2D eigenvalue weighted by Crippen LogP contribution is -2.29. The number of rotatable bonds is 2. The number of pyridine rings is 1. The fourth-order valence-corrected chi connectivity index (χ4v) is 1.14. The molecular weight excluding hydrogens is 236 g/mol. The molecule has 0 aliphatic rings. The molecule has 0 fully saturated rings. The number of aromatic amines is 1. The smallest absolute Gasteiger partial charge is 0.302 e. The average molecular weight is 246 g/mol. The number of aryl methyl sites for hydroxylation is 1. The van der Waals surface area contributed by atoms with Crippen LogP contribution in [0.2, 0.25) is 0 Å². The minimum atomic E-state index is -0.853. The van der Waals surface area contributed by atoms with Crippen LogP contribution < -0.4 is 10.6 Å². The number of carbonyl (C=O) groups excluding carboxylic acids is 2. The first-order valence-electron chi connectivity index (χ1n) is 5.05. The van der Waals surface area contributed by atoms with Crippen molar-refractivity contribution in [3.63, 3.8) is 0 Å². The lowest BCUT2D eigenvalue weighted by molar-refractivity contribution is -0.133. The number of hydrogen-bond donors (Lipinski definition) is 3. The van der Waals surface area contributed by atoms with Crippen LogP contribution in [0.25, 0.3) is 0 Å². The van der Waals surface area contributed by atoms with Crippen molar-refractivity contribution in [2.24, 2.45) is 0 Å². The Morgan fingerprint density at radius 3 is 2.56 bits per heavy atom. The maximum atomic E-state index is 11.5. The standard InChI is InChI=1S/C10H10N6O2/c1-6-2-3-7(11-4-6)14-8(17)9(18)15-10-12-5-13-16-10/h2-5H,1H3,(H,11,14,17)(H2,12,13,15,16,18). The van der Waals surface area contributed by atoms with Gasteiger partial charge in [0, 0.05) is 6.20 Å². The van der Waals surface area contributed by atoms with Gasteiger partial charge in [-0.2, -0.15) is 10.1 Å². The highest BCUT2D eigenvalue weighted by atomic mass is 16.2. The molecule has 0 atom stereocenters. The number of aromatic nitrogens is 4. The monoisotopic (exact) mass is 246 g/mol. The van der Waals surface area contributed by atoms with E-state index in [1.807, 2.05) is 6.92 Å². The second kappa shape index (κ2) is 5.04. The van der Waals surface area contributed by atoms with Crippen LogP contribution in [-0.2, 0) is 9.59 Å². The van der Waals surface area contributed by atoms with E-state index in [0.29, 0.717) is 5.82 Å². The van der Waals surface area contributed by atoms with E-state index in [9.17, 15) is 9.59 Å². The molecule has 0 saturated carbocycles. The van der Waals surface area contributed by atoms with Crippen molar-refractivity contribution in [1.82, 2.24) is 20.2 Å². The molecule has 2 aromatic rings. The third-order valence-electron chi connectivity index (χ3n) is 2.01. The second-order valence-corrected chi connectivity index (χ2v) is 3.46. The number of amides is 2. The fraction of sp³-hybridized carbons (Fsp3) is 0.100. The molecule has 2 aromatic heterocycles.